The monoisotopic (exact) mass is 389 g/mol. The zero-order valence-electron chi connectivity index (χ0n) is 16.2. The molecule has 0 radical (unpaired) electrons. The summed E-state index contributed by atoms with van der Waals surface area (Å²) in [6.07, 6.45) is 0.493. The zero-order chi connectivity index (χ0) is 19.0. The topological polar surface area (TPSA) is 70.6 Å². The number of anilines is 1. The first-order chi connectivity index (χ1) is 13.0. The molecule has 0 saturated carbocycles. The molecule has 2 aromatic heterocycles. The SMILES string of the molecule is Cc1sc2nc(CN3CCOCC3)nc(N3CCNC(=O)C[C@@H]3C)c2c1C. The lowest BCUT2D eigenvalue weighted by Gasteiger charge is -2.29. The van der Waals surface area contributed by atoms with Gasteiger partial charge in [0.25, 0.3) is 0 Å². The molecule has 1 N–H and O–H groups in total. The summed E-state index contributed by atoms with van der Waals surface area (Å²) in [5.41, 5.74) is 1.25. The van der Waals surface area contributed by atoms with Gasteiger partial charge in [-0.05, 0) is 26.3 Å². The molecule has 4 heterocycles. The maximum absolute atomic E-state index is 11.9. The van der Waals surface area contributed by atoms with Crippen LogP contribution < -0.4 is 10.2 Å². The number of aromatic nitrogens is 2. The highest BCUT2D eigenvalue weighted by Gasteiger charge is 2.26. The van der Waals surface area contributed by atoms with Gasteiger partial charge in [-0.2, -0.15) is 0 Å². The van der Waals surface area contributed by atoms with E-state index in [9.17, 15) is 4.79 Å². The summed E-state index contributed by atoms with van der Waals surface area (Å²) < 4.78 is 5.46. The van der Waals surface area contributed by atoms with E-state index < -0.39 is 0 Å². The summed E-state index contributed by atoms with van der Waals surface area (Å²) in [5.74, 6) is 1.95. The van der Waals surface area contributed by atoms with Crippen molar-refractivity contribution in [3.8, 4) is 0 Å². The number of ether oxygens (including phenoxy) is 1. The normalized spacial score (nSPS) is 22.1. The minimum absolute atomic E-state index is 0.112. The Labute approximate surface area is 163 Å². The van der Waals surface area contributed by atoms with Gasteiger partial charge in [0, 0.05) is 43.5 Å². The van der Waals surface area contributed by atoms with Gasteiger partial charge in [-0.1, -0.05) is 0 Å². The number of thiophene rings is 1. The van der Waals surface area contributed by atoms with E-state index in [0.717, 1.165) is 61.3 Å². The van der Waals surface area contributed by atoms with Crippen LogP contribution in [0.15, 0.2) is 0 Å². The van der Waals surface area contributed by atoms with Crippen LogP contribution in [0.25, 0.3) is 10.2 Å². The van der Waals surface area contributed by atoms with Gasteiger partial charge in [-0.15, -0.1) is 11.3 Å². The number of hydrogen-bond donors (Lipinski definition) is 1. The molecule has 146 valence electrons. The van der Waals surface area contributed by atoms with E-state index in [0.29, 0.717) is 13.0 Å². The van der Waals surface area contributed by atoms with Crippen LogP contribution in [0.5, 0.6) is 0 Å². The molecule has 2 fully saturated rings. The molecule has 27 heavy (non-hydrogen) atoms. The van der Waals surface area contributed by atoms with Crippen molar-refractivity contribution in [2.75, 3.05) is 44.3 Å². The molecule has 2 saturated heterocycles. The van der Waals surface area contributed by atoms with Crippen LogP contribution in [0.2, 0.25) is 0 Å². The Balaban J connectivity index is 1.75. The van der Waals surface area contributed by atoms with Crippen molar-refractivity contribution in [3.05, 3.63) is 16.3 Å². The molecular formula is C19H27N5O2S. The second-order valence-electron chi connectivity index (χ2n) is 7.41. The Morgan fingerprint density at radius 3 is 2.78 bits per heavy atom. The summed E-state index contributed by atoms with van der Waals surface area (Å²) in [5, 5.41) is 4.12. The van der Waals surface area contributed by atoms with E-state index >= 15 is 0 Å². The predicted molar refractivity (Wildman–Crippen MR) is 107 cm³/mol. The van der Waals surface area contributed by atoms with Crippen molar-refractivity contribution in [3.63, 3.8) is 0 Å². The number of nitrogens with zero attached hydrogens (tertiary/aromatic N) is 4. The van der Waals surface area contributed by atoms with E-state index in [-0.39, 0.29) is 11.9 Å². The third kappa shape index (κ3) is 3.79. The van der Waals surface area contributed by atoms with Crippen molar-refractivity contribution < 1.29 is 9.53 Å². The Hall–Kier alpha value is -1.77. The second kappa shape index (κ2) is 7.69. The number of nitrogens with one attached hydrogen (secondary N) is 1. The van der Waals surface area contributed by atoms with Crippen LogP contribution in [0.4, 0.5) is 5.82 Å². The number of rotatable bonds is 3. The van der Waals surface area contributed by atoms with E-state index in [2.05, 4.69) is 35.9 Å². The minimum Gasteiger partial charge on any atom is -0.379 e. The third-order valence-electron chi connectivity index (χ3n) is 5.48. The Morgan fingerprint density at radius 1 is 1.22 bits per heavy atom. The minimum atomic E-state index is 0.112. The molecule has 0 unspecified atom stereocenters. The lowest BCUT2D eigenvalue weighted by Crippen LogP contribution is -2.37. The Kier molecular flexibility index (Phi) is 5.29. The maximum atomic E-state index is 11.9. The fraction of sp³-hybridized carbons (Fsp3) is 0.632. The molecule has 2 aliphatic rings. The average Bonchev–Trinajstić information content (AvgIpc) is 2.81. The van der Waals surface area contributed by atoms with Crippen molar-refractivity contribution in [1.82, 2.24) is 20.2 Å². The lowest BCUT2D eigenvalue weighted by molar-refractivity contribution is -0.120. The van der Waals surface area contributed by atoms with Gasteiger partial charge in [0.1, 0.15) is 16.5 Å². The summed E-state index contributed by atoms with van der Waals surface area (Å²) in [4.78, 5) is 28.8. The zero-order valence-corrected chi connectivity index (χ0v) is 17.1. The molecule has 2 aromatic rings. The highest BCUT2D eigenvalue weighted by molar-refractivity contribution is 7.18. The molecule has 8 heteroatoms. The Morgan fingerprint density at radius 2 is 2.00 bits per heavy atom. The van der Waals surface area contributed by atoms with E-state index in [1.807, 2.05) is 0 Å². The maximum Gasteiger partial charge on any atom is 0.222 e. The number of carbonyl (C=O) groups excluding carboxylic acids is 1. The van der Waals surface area contributed by atoms with Crippen molar-refractivity contribution >= 4 is 33.3 Å². The fourth-order valence-corrected chi connectivity index (χ4v) is 4.85. The van der Waals surface area contributed by atoms with Crippen LogP contribution in [0.1, 0.15) is 29.6 Å². The van der Waals surface area contributed by atoms with Gasteiger partial charge in [0.05, 0.1) is 25.1 Å². The number of morpholine rings is 1. The molecule has 7 nitrogen and oxygen atoms in total. The molecular weight excluding hydrogens is 362 g/mol. The van der Waals surface area contributed by atoms with Crippen molar-refractivity contribution in [2.24, 2.45) is 0 Å². The fourth-order valence-electron chi connectivity index (χ4n) is 3.81. The quantitative estimate of drug-likeness (QED) is 0.864. The van der Waals surface area contributed by atoms with Gasteiger partial charge in [-0.25, -0.2) is 9.97 Å². The first kappa shape index (κ1) is 18.6. The summed E-state index contributed by atoms with van der Waals surface area (Å²) in [6, 6.07) is 0.112. The van der Waals surface area contributed by atoms with E-state index in [1.54, 1.807) is 11.3 Å². The largest absolute Gasteiger partial charge is 0.379 e. The second-order valence-corrected chi connectivity index (χ2v) is 8.62. The predicted octanol–water partition coefficient (Wildman–Crippen LogP) is 1.86. The highest BCUT2D eigenvalue weighted by atomic mass is 32.1. The first-order valence-corrected chi connectivity index (χ1v) is 10.4. The number of fused-ring (bicyclic) bond motifs is 1. The molecule has 1 atom stereocenters. The molecule has 0 spiro atoms. The molecule has 0 aromatic carbocycles. The van der Waals surface area contributed by atoms with Crippen LogP contribution in [-0.2, 0) is 16.1 Å². The molecule has 0 bridgehead atoms. The number of aryl methyl sites for hydroxylation is 2. The van der Waals surface area contributed by atoms with Crippen molar-refractivity contribution in [1.29, 1.82) is 0 Å². The standard InChI is InChI=1S/C19H27N5O2S/c1-12-10-16(25)20-4-5-24(12)18-17-13(2)14(3)27-19(17)22-15(21-18)11-23-6-8-26-9-7-23/h12H,4-11H2,1-3H3,(H,20,25)/t12-/m0/s1. The lowest BCUT2D eigenvalue weighted by atomic mass is 10.1. The number of amides is 1. The summed E-state index contributed by atoms with van der Waals surface area (Å²) >= 11 is 1.74. The van der Waals surface area contributed by atoms with Gasteiger partial charge in [-0.3, -0.25) is 9.69 Å². The third-order valence-corrected chi connectivity index (χ3v) is 6.59. The first-order valence-electron chi connectivity index (χ1n) is 9.63. The van der Waals surface area contributed by atoms with Gasteiger partial charge in [0.2, 0.25) is 5.91 Å². The highest BCUT2D eigenvalue weighted by Crippen LogP contribution is 2.36. The molecule has 1 amide bonds. The van der Waals surface area contributed by atoms with Crippen LogP contribution in [0, 0.1) is 13.8 Å². The van der Waals surface area contributed by atoms with Gasteiger partial charge >= 0.3 is 0 Å². The van der Waals surface area contributed by atoms with Crippen LogP contribution in [-0.4, -0.2) is 66.2 Å². The van der Waals surface area contributed by atoms with E-state index in [4.69, 9.17) is 14.7 Å². The average molecular weight is 390 g/mol. The van der Waals surface area contributed by atoms with Crippen LogP contribution in [0.3, 0.4) is 0 Å². The molecule has 4 rings (SSSR count). The summed E-state index contributed by atoms with van der Waals surface area (Å²) in [6.45, 7) is 11.9. The Bertz CT molecular complexity index is 846. The molecule has 2 aliphatic heterocycles. The van der Waals surface area contributed by atoms with E-state index in [1.165, 1.54) is 10.4 Å². The summed E-state index contributed by atoms with van der Waals surface area (Å²) in [7, 11) is 0. The number of carbonyl (C=O) groups is 1. The smallest absolute Gasteiger partial charge is 0.222 e. The van der Waals surface area contributed by atoms with Gasteiger partial charge in [0.15, 0.2) is 0 Å². The molecule has 0 aliphatic carbocycles. The van der Waals surface area contributed by atoms with Gasteiger partial charge < -0.3 is 15.0 Å². The number of hydrogen-bond acceptors (Lipinski definition) is 7. The van der Waals surface area contributed by atoms with Crippen molar-refractivity contribution in [2.45, 2.75) is 39.8 Å². The van der Waals surface area contributed by atoms with Crippen LogP contribution >= 0.6 is 11.3 Å².